The molecule has 0 saturated carbocycles. The van der Waals surface area contributed by atoms with Gasteiger partial charge in [0.25, 0.3) is 5.95 Å². The van der Waals surface area contributed by atoms with E-state index in [2.05, 4.69) is 30.9 Å². The van der Waals surface area contributed by atoms with Crippen LogP contribution in [0.25, 0.3) is 11.4 Å². The summed E-state index contributed by atoms with van der Waals surface area (Å²) in [5.41, 5.74) is 18.4. The highest BCUT2D eigenvalue weighted by atomic mass is 15.5. The number of hydrazine groups is 1. The van der Waals surface area contributed by atoms with Gasteiger partial charge in [0.1, 0.15) is 11.6 Å². The third-order valence-electron chi connectivity index (χ3n) is 3.00. The Balaban J connectivity index is 1.56. The molecule has 0 amide bonds. The smallest absolute Gasteiger partial charge is 0.261 e. The zero-order valence-electron chi connectivity index (χ0n) is 11.3. The van der Waals surface area contributed by atoms with Gasteiger partial charge in [-0.1, -0.05) is 0 Å². The van der Waals surface area contributed by atoms with Crippen LogP contribution in [-0.2, 0) is 0 Å². The molecule has 0 spiro atoms. The average Bonchev–Trinajstić information content (AvgIpc) is 3.05. The molecule has 4 aromatic heterocycles. The third kappa shape index (κ3) is 2.08. The molecule has 0 fully saturated rings. The number of nitrogens with zero attached hydrogens (tertiary/aromatic N) is 6. The third-order valence-corrected chi connectivity index (χ3v) is 3.00. The van der Waals surface area contributed by atoms with Crippen molar-refractivity contribution in [1.82, 2.24) is 29.0 Å². The lowest BCUT2D eigenvalue weighted by molar-refractivity contribution is 0.963. The maximum atomic E-state index is 5.70. The second-order valence-electron chi connectivity index (χ2n) is 4.64. The molecule has 0 saturated heterocycles. The molecular weight excluding hydrogens is 284 g/mol. The Hall–Kier alpha value is -3.56. The van der Waals surface area contributed by atoms with E-state index >= 15 is 0 Å². The quantitative estimate of drug-likeness (QED) is 0.398. The lowest BCUT2D eigenvalue weighted by Gasteiger charge is -2.04. The van der Waals surface area contributed by atoms with E-state index in [0.717, 1.165) is 0 Å². The molecule has 0 aromatic carbocycles. The van der Waals surface area contributed by atoms with Crippen LogP contribution in [0.5, 0.6) is 0 Å². The van der Waals surface area contributed by atoms with Gasteiger partial charge in [-0.25, -0.2) is 4.52 Å². The Morgan fingerprint density at radius 3 is 2.77 bits per heavy atom. The number of hydrogen-bond acceptors (Lipinski definition) is 8. The fourth-order valence-corrected chi connectivity index (χ4v) is 2.03. The van der Waals surface area contributed by atoms with Crippen LogP contribution in [0.15, 0.2) is 36.8 Å². The predicted molar refractivity (Wildman–Crippen MR) is 82.0 cm³/mol. The number of aromatic nitrogens is 6. The molecule has 4 aromatic rings. The van der Waals surface area contributed by atoms with Crippen LogP contribution in [0.3, 0.4) is 0 Å². The average molecular weight is 296 g/mol. The van der Waals surface area contributed by atoms with E-state index in [9.17, 15) is 0 Å². The number of pyridine rings is 1. The van der Waals surface area contributed by atoms with Gasteiger partial charge < -0.3 is 11.5 Å². The summed E-state index contributed by atoms with van der Waals surface area (Å²) in [7, 11) is 0. The molecule has 0 atom stereocenters. The number of nitrogens with two attached hydrogens (primary N) is 2. The number of fused-ring (bicyclic) bond motifs is 2. The Bertz CT molecular complexity index is 967. The highest BCUT2D eigenvalue weighted by molar-refractivity contribution is 5.52. The van der Waals surface area contributed by atoms with Crippen molar-refractivity contribution in [2.45, 2.75) is 0 Å². The Labute approximate surface area is 123 Å². The fourth-order valence-electron chi connectivity index (χ4n) is 2.03. The fraction of sp³-hybridized carbons (Fsp3) is 0. The van der Waals surface area contributed by atoms with E-state index in [-0.39, 0.29) is 0 Å². The highest BCUT2D eigenvalue weighted by Crippen LogP contribution is 2.11. The van der Waals surface area contributed by atoms with Gasteiger partial charge in [0.05, 0.1) is 18.1 Å². The normalized spacial score (nSPS) is 11.1. The summed E-state index contributed by atoms with van der Waals surface area (Å²) in [5, 5.41) is 4.24. The van der Waals surface area contributed by atoms with Crippen molar-refractivity contribution in [2.75, 3.05) is 22.3 Å². The molecule has 0 bridgehead atoms. The van der Waals surface area contributed by atoms with E-state index < -0.39 is 0 Å². The highest BCUT2D eigenvalue weighted by Gasteiger charge is 2.05. The number of nitrogens with one attached hydrogen (secondary N) is 2. The Morgan fingerprint density at radius 1 is 0.955 bits per heavy atom. The molecule has 10 heteroatoms. The first-order chi connectivity index (χ1) is 10.7. The van der Waals surface area contributed by atoms with Crippen molar-refractivity contribution in [1.29, 1.82) is 0 Å². The molecule has 0 aliphatic heterocycles. The minimum absolute atomic E-state index is 0.398. The molecule has 0 radical (unpaired) electrons. The lowest BCUT2D eigenvalue weighted by atomic mass is 10.4. The van der Waals surface area contributed by atoms with Crippen LogP contribution in [-0.4, -0.2) is 29.0 Å². The number of rotatable bonds is 3. The first-order valence-corrected chi connectivity index (χ1v) is 6.42. The standard InChI is InChI=1S/C12H12N10/c13-7-1-2-10-17-11(20-22(10)5-7)19-18-9-3-4-21-6-8(14)15-12(21)16-9/h1-6H,13-14H2,(H,19,20)(H,15,16,18). The summed E-state index contributed by atoms with van der Waals surface area (Å²) in [5.74, 6) is 1.88. The van der Waals surface area contributed by atoms with Gasteiger partial charge in [0.15, 0.2) is 5.65 Å². The molecule has 4 heterocycles. The van der Waals surface area contributed by atoms with E-state index in [1.807, 2.05) is 0 Å². The lowest BCUT2D eigenvalue weighted by Crippen LogP contribution is -2.11. The first kappa shape index (κ1) is 12.2. The zero-order chi connectivity index (χ0) is 15.1. The Kier molecular flexibility index (Phi) is 2.48. The van der Waals surface area contributed by atoms with E-state index in [0.29, 0.717) is 34.7 Å². The molecule has 10 nitrogen and oxygen atoms in total. The number of imidazole rings is 1. The maximum absolute atomic E-state index is 5.70. The molecule has 22 heavy (non-hydrogen) atoms. The van der Waals surface area contributed by atoms with Crippen molar-refractivity contribution >= 4 is 34.7 Å². The Morgan fingerprint density at radius 2 is 1.86 bits per heavy atom. The maximum Gasteiger partial charge on any atom is 0.261 e. The van der Waals surface area contributed by atoms with Gasteiger partial charge in [-0.15, -0.1) is 5.10 Å². The van der Waals surface area contributed by atoms with Crippen LogP contribution in [0.2, 0.25) is 0 Å². The topological polar surface area (TPSA) is 136 Å². The van der Waals surface area contributed by atoms with Gasteiger partial charge >= 0.3 is 0 Å². The van der Waals surface area contributed by atoms with Crippen LogP contribution < -0.4 is 22.3 Å². The minimum Gasteiger partial charge on any atom is -0.397 e. The summed E-state index contributed by atoms with van der Waals surface area (Å²) in [6, 6.07) is 5.32. The van der Waals surface area contributed by atoms with Crippen LogP contribution in [0, 0.1) is 0 Å². The van der Waals surface area contributed by atoms with Crippen LogP contribution in [0.4, 0.5) is 23.3 Å². The molecule has 4 rings (SSSR count). The summed E-state index contributed by atoms with van der Waals surface area (Å²) in [6.45, 7) is 0. The number of hydrogen-bond donors (Lipinski definition) is 4. The number of anilines is 4. The van der Waals surface area contributed by atoms with Crippen LogP contribution >= 0.6 is 0 Å². The molecular formula is C12H12N10. The number of nitrogen functional groups attached to an aromatic ring is 2. The van der Waals surface area contributed by atoms with E-state index in [4.69, 9.17) is 11.5 Å². The molecule has 0 aliphatic rings. The van der Waals surface area contributed by atoms with Gasteiger partial charge in [-0.3, -0.25) is 15.3 Å². The van der Waals surface area contributed by atoms with Crippen molar-refractivity contribution < 1.29 is 0 Å². The summed E-state index contributed by atoms with van der Waals surface area (Å²) >= 11 is 0. The van der Waals surface area contributed by atoms with Gasteiger partial charge in [0, 0.05) is 6.20 Å². The first-order valence-electron chi connectivity index (χ1n) is 6.42. The monoisotopic (exact) mass is 296 g/mol. The van der Waals surface area contributed by atoms with E-state index in [1.54, 1.807) is 45.7 Å². The molecule has 6 N–H and O–H groups in total. The van der Waals surface area contributed by atoms with Gasteiger partial charge in [-0.2, -0.15) is 15.0 Å². The van der Waals surface area contributed by atoms with E-state index in [1.165, 1.54) is 0 Å². The molecule has 0 unspecified atom stereocenters. The predicted octanol–water partition coefficient (Wildman–Crippen LogP) is 0.375. The summed E-state index contributed by atoms with van der Waals surface area (Å²) in [6.07, 6.45) is 5.17. The second-order valence-corrected chi connectivity index (χ2v) is 4.64. The molecule has 110 valence electrons. The minimum atomic E-state index is 0.398. The van der Waals surface area contributed by atoms with Crippen molar-refractivity contribution in [2.24, 2.45) is 0 Å². The summed E-state index contributed by atoms with van der Waals surface area (Å²) < 4.78 is 3.32. The van der Waals surface area contributed by atoms with Gasteiger partial charge in [-0.05, 0) is 18.2 Å². The second kappa shape index (κ2) is 4.48. The van der Waals surface area contributed by atoms with Gasteiger partial charge in [0.2, 0.25) is 5.78 Å². The SMILES string of the molecule is Nc1ccc2nc(NNc3ccn4cc(N)nc4n3)nn2c1. The largest absolute Gasteiger partial charge is 0.397 e. The van der Waals surface area contributed by atoms with Crippen LogP contribution in [0.1, 0.15) is 0 Å². The molecule has 0 aliphatic carbocycles. The van der Waals surface area contributed by atoms with Crippen molar-refractivity contribution in [3.05, 3.63) is 36.8 Å². The van der Waals surface area contributed by atoms with Crippen molar-refractivity contribution in [3.8, 4) is 0 Å². The zero-order valence-corrected chi connectivity index (χ0v) is 11.3. The van der Waals surface area contributed by atoms with Crippen molar-refractivity contribution in [3.63, 3.8) is 0 Å². The summed E-state index contributed by atoms with van der Waals surface area (Å²) in [4.78, 5) is 12.7.